The van der Waals surface area contributed by atoms with Crippen molar-refractivity contribution >= 4 is 26.9 Å². The third-order valence-electron chi connectivity index (χ3n) is 6.14. The van der Waals surface area contributed by atoms with Crippen LogP contribution >= 0.6 is 15.9 Å². The summed E-state index contributed by atoms with van der Waals surface area (Å²) in [6, 6.07) is 9.02. The third kappa shape index (κ3) is 1.60. The SMILES string of the molecule is Brc1cc2cc(C34CC5CC(CC(C5)C3)C4)ccc2o1. The highest BCUT2D eigenvalue weighted by Crippen LogP contribution is 2.60. The van der Waals surface area contributed by atoms with Crippen LogP contribution in [-0.2, 0) is 5.41 Å². The molecule has 0 N–H and O–H groups in total. The zero-order valence-electron chi connectivity index (χ0n) is 11.6. The summed E-state index contributed by atoms with van der Waals surface area (Å²) in [5.74, 6) is 3.02. The smallest absolute Gasteiger partial charge is 0.170 e. The van der Waals surface area contributed by atoms with Crippen LogP contribution in [0.5, 0.6) is 0 Å². The van der Waals surface area contributed by atoms with E-state index in [1.54, 1.807) is 5.56 Å². The minimum Gasteiger partial charge on any atom is -0.449 e. The second kappa shape index (κ2) is 3.91. The molecule has 4 aliphatic carbocycles. The van der Waals surface area contributed by atoms with E-state index >= 15 is 0 Å². The summed E-state index contributed by atoms with van der Waals surface area (Å²) in [4.78, 5) is 0. The van der Waals surface area contributed by atoms with E-state index < -0.39 is 0 Å². The Kier molecular flexibility index (Phi) is 2.32. The monoisotopic (exact) mass is 330 g/mol. The molecule has 4 fully saturated rings. The van der Waals surface area contributed by atoms with Crippen molar-refractivity contribution in [1.82, 2.24) is 0 Å². The van der Waals surface area contributed by atoms with Crippen LogP contribution in [-0.4, -0.2) is 0 Å². The van der Waals surface area contributed by atoms with Crippen molar-refractivity contribution in [2.45, 2.75) is 43.9 Å². The number of rotatable bonds is 1. The molecule has 1 aromatic heterocycles. The van der Waals surface area contributed by atoms with Crippen molar-refractivity contribution in [3.05, 3.63) is 34.5 Å². The second-order valence-corrected chi connectivity index (χ2v) is 8.28. The lowest BCUT2D eigenvalue weighted by Crippen LogP contribution is -2.48. The molecule has 4 bridgehead atoms. The van der Waals surface area contributed by atoms with Gasteiger partial charge in [0.2, 0.25) is 0 Å². The van der Waals surface area contributed by atoms with Gasteiger partial charge in [0.15, 0.2) is 4.67 Å². The Balaban J connectivity index is 1.63. The molecule has 0 spiro atoms. The standard InChI is InChI=1S/C18H19BrO/c19-17-7-14-6-15(1-2-16(14)20-17)18-8-11-3-12(9-18)5-13(4-11)10-18/h1-2,6-7,11-13H,3-5,8-10H2. The van der Waals surface area contributed by atoms with Crippen LogP contribution in [0.15, 0.2) is 33.4 Å². The van der Waals surface area contributed by atoms with E-state index in [1.807, 2.05) is 0 Å². The van der Waals surface area contributed by atoms with Crippen LogP contribution in [0.4, 0.5) is 0 Å². The highest BCUT2D eigenvalue weighted by molar-refractivity contribution is 9.10. The van der Waals surface area contributed by atoms with E-state index in [0.29, 0.717) is 5.41 Å². The average Bonchev–Trinajstić information content (AvgIpc) is 2.76. The van der Waals surface area contributed by atoms with E-state index in [-0.39, 0.29) is 0 Å². The molecule has 1 aromatic carbocycles. The van der Waals surface area contributed by atoms with Gasteiger partial charge in [0.25, 0.3) is 0 Å². The lowest BCUT2D eigenvalue weighted by Gasteiger charge is -2.57. The molecular formula is C18H19BrO. The van der Waals surface area contributed by atoms with Gasteiger partial charge in [-0.15, -0.1) is 0 Å². The molecule has 0 atom stereocenters. The largest absolute Gasteiger partial charge is 0.449 e. The van der Waals surface area contributed by atoms with Crippen LogP contribution < -0.4 is 0 Å². The highest BCUT2D eigenvalue weighted by atomic mass is 79.9. The van der Waals surface area contributed by atoms with E-state index in [9.17, 15) is 0 Å². The summed E-state index contributed by atoms with van der Waals surface area (Å²) in [6.45, 7) is 0. The van der Waals surface area contributed by atoms with Gasteiger partial charge in [0, 0.05) is 5.39 Å². The molecule has 2 heteroatoms. The Bertz CT molecular complexity index is 648. The van der Waals surface area contributed by atoms with Gasteiger partial charge < -0.3 is 4.42 Å². The van der Waals surface area contributed by atoms with Gasteiger partial charge in [-0.1, -0.05) is 6.07 Å². The van der Waals surface area contributed by atoms with Crippen molar-refractivity contribution in [2.75, 3.05) is 0 Å². The second-order valence-electron chi connectivity index (χ2n) is 7.50. The summed E-state index contributed by atoms with van der Waals surface area (Å²) in [6.07, 6.45) is 8.84. The van der Waals surface area contributed by atoms with E-state index in [2.05, 4.69) is 40.2 Å². The summed E-state index contributed by atoms with van der Waals surface area (Å²) < 4.78 is 6.50. The van der Waals surface area contributed by atoms with Gasteiger partial charge in [-0.25, -0.2) is 0 Å². The fourth-order valence-corrected chi connectivity index (χ4v) is 6.23. The maximum absolute atomic E-state index is 5.66. The summed E-state index contributed by atoms with van der Waals surface area (Å²) in [5.41, 5.74) is 3.08. The summed E-state index contributed by atoms with van der Waals surface area (Å²) in [5, 5.41) is 1.25. The Labute approximate surface area is 127 Å². The topological polar surface area (TPSA) is 13.1 Å². The number of benzene rings is 1. The Morgan fingerprint density at radius 3 is 2.25 bits per heavy atom. The van der Waals surface area contributed by atoms with E-state index in [1.165, 1.54) is 43.9 Å². The fraction of sp³-hybridized carbons (Fsp3) is 0.556. The van der Waals surface area contributed by atoms with Crippen LogP contribution in [0.3, 0.4) is 0 Å². The Morgan fingerprint density at radius 2 is 1.60 bits per heavy atom. The maximum atomic E-state index is 5.66. The molecule has 0 aliphatic heterocycles. The van der Waals surface area contributed by atoms with Gasteiger partial charge >= 0.3 is 0 Å². The first-order valence-corrected chi connectivity index (χ1v) is 8.69. The zero-order chi connectivity index (χ0) is 13.3. The van der Waals surface area contributed by atoms with Crippen molar-refractivity contribution in [2.24, 2.45) is 17.8 Å². The van der Waals surface area contributed by atoms with Gasteiger partial charge in [-0.3, -0.25) is 0 Å². The molecule has 0 unspecified atom stereocenters. The van der Waals surface area contributed by atoms with Crippen molar-refractivity contribution < 1.29 is 4.42 Å². The first-order valence-electron chi connectivity index (χ1n) is 7.90. The van der Waals surface area contributed by atoms with Crippen LogP contribution in [0.1, 0.15) is 44.1 Å². The molecule has 1 heterocycles. The molecule has 20 heavy (non-hydrogen) atoms. The van der Waals surface area contributed by atoms with Crippen molar-refractivity contribution in [3.8, 4) is 0 Å². The van der Waals surface area contributed by atoms with Crippen molar-refractivity contribution in [1.29, 1.82) is 0 Å². The van der Waals surface area contributed by atoms with Gasteiger partial charge in [0.1, 0.15) is 5.58 Å². The van der Waals surface area contributed by atoms with E-state index in [0.717, 1.165) is 28.0 Å². The molecule has 4 aliphatic rings. The highest BCUT2D eigenvalue weighted by Gasteiger charge is 2.51. The number of halogens is 1. The Morgan fingerprint density at radius 1 is 0.950 bits per heavy atom. The third-order valence-corrected chi connectivity index (χ3v) is 6.53. The van der Waals surface area contributed by atoms with Crippen molar-refractivity contribution in [3.63, 3.8) is 0 Å². The van der Waals surface area contributed by atoms with E-state index in [4.69, 9.17) is 4.42 Å². The minimum absolute atomic E-state index is 0.493. The lowest BCUT2D eigenvalue weighted by molar-refractivity contribution is -0.00513. The minimum atomic E-state index is 0.493. The predicted molar refractivity (Wildman–Crippen MR) is 83.8 cm³/mol. The quantitative estimate of drug-likeness (QED) is 0.657. The van der Waals surface area contributed by atoms with Crippen LogP contribution in [0.25, 0.3) is 11.0 Å². The zero-order valence-corrected chi connectivity index (χ0v) is 13.2. The normalized spacial score (nSPS) is 38.8. The first-order chi connectivity index (χ1) is 9.70. The maximum Gasteiger partial charge on any atom is 0.170 e. The molecular weight excluding hydrogens is 312 g/mol. The number of fused-ring (bicyclic) bond motifs is 1. The number of hydrogen-bond acceptors (Lipinski definition) is 1. The first kappa shape index (κ1) is 11.9. The summed E-state index contributed by atoms with van der Waals surface area (Å²) >= 11 is 3.45. The molecule has 0 radical (unpaired) electrons. The van der Waals surface area contributed by atoms with Crippen LogP contribution in [0.2, 0.25) is 0 Å². The van der Waals surface area contributed by atoms with Crippen LogP contribution in [0, 0.1) is 17.8 Å². The fourth-order valence-electron chi connectivity index (χ4n) is 5.81. The predicted octanol–water partition coefficient (Wildman–Crippen LogP) is 5.66. The van der Waals surface area contributed by atoms with Gasteiger partial charge in [-0.2, -0.15) is 0 Å². The number of furan rings is 1. The molecule has 104 valence electrons. The lowest BCUT2D eigenvalue weighted by atomic mass is 9.48. The molecule has 6 rings (SSSR count). The average molecular weight is 331 g/mol. The van der Waals surface area contributed by atoms with Gasteiger partial charge in [-0.05, 0) is 101 Å². The Hall–Kier alpha value is -0.760. The van der Waals surface area contributed by atoms with Gasteiger partial charge in [0.05, 0.1) is 0 Å². The molecule has 4 saturated carbocycles. The summed E-state index contributed by atoms with van der Waals surface area (Å²) in [7, 11) is 0. The molecule has 0 amide bonds. The molecule has 1 nitrogen and oxygen atoms in total. The molecule has 0 saturated heterocycles. The number of hydrogen-bond donors (Lipinski definition) is 0. The molecule has 2 aromatic rings.